The van der Waals surface area contributed by atoms with Crippen LogP contribution >= 0.6 is 0 Å². The number of likely N-dealkylation sites (tertiary alicyclic amines) is 1. The van der Waals surface area contributed by atoms with Crippen LogP contribution in [-0.2, 0) is 26.9 Å². The van der Waals surface area contributed by atoms with Gasteiger partial charge in [0.2, 0.25) is 11.8 Å². The van der Waals surface area contributed by atoms with Gasteiger partial charge in [-0.3, -0.25) is 18.7 Å². The summed E-state index contributed by atoms with van der Waals surface area (Å²) in [6, 6.07) is 17.8. The lowest BCUT2D eigenvalue weighted by Crippen LogP contribution is -2.45. The highest BCUT2D eigenvalue weighted by atomic mass is 32.2. The molecular formula is C23H29N3O3S. The van der Waals surface area contributed by atoms with Crippen LogP contribution in [0.1, 0.15) is 24.0 Å². The summed E-state index contributed by atoms with van der Waals surface area (Å²) in [7, 11) is -1.53. The van der Waals surface area contributed by atoms with Crippen LogP contribution in [0.2, 0.25) is 0 Å². The van der Waals surface area contributed by atoms with E-state index in [0.29, 0.717) is 5.69 Å². The van der Waals surface area contributed by atoms with Gasteiger partial charge in [0.25, 0.3) is 0 Å². The molecule has 0 saturated carbocycles. The molecule has 0 spiro atoms. The van der Waals surface area contributed by atoms with Gasteiger partial charge in [-0.05, 0) is 37.5 Å². The summed E-state index contributed by atoms with van der Waals surface area (Å²) in [4.78, 5) is 26.6. The molecule has 0 aromatic heterocycles. The van der Waals surface area contributed by atoms with E-state index in [-0.39, 0.29) is 29.4 Å². The van der Waals surface area contributed by atoms with Crippen LogP contribution < -0.4 is 10.6 Å². The van der Waals surface area contributed by atoms with Crippen LogP contribution in [0, 0.1) is 6.92 Å². The first-order chi connectivity index (χ1) is 14.5. The van der Waals surface area contributed by atoms with E-state index in [0.717, 1.165) is 38.0 Å². The Kier molecular flexibility index (Phi) is 8.16. The molecule has 0 bridgehead atoms. The number of rotatable bonds is 8. The van der Waals surface area contributed by atoms with Gasteiger partial charge in [0, 0.05) is 42.2 Å². The molecule has 30 heavy (non-hydrogen) atoms. The third kappa shape index (κ3) is 7.39. The van der Waals surface area contributed by atoms with Crippen LogP contribution in [0.25, 0.3) is 0 Å². The molecule has 1 aliphatic heterocycles. The highest BCUT2D eigenvalue weighted by Gasteiger charge is 2.22. The van der Waals surface area contributed by atoms with E-state index in [4.69, 9.17) is 0 Å². The smallest absolute Gasteiger partial charge is 0.237 e. The molecule has 2 N–H and O–H groups in total. The minimum absolute atomic E-state index is 0.0999. The van der Waals surface area contributed by atoms with Gasteiger partial charge >= 0.3 is 0 Å². The second-order valence-corrected chi connectivity index (χ2v) is 9.20. The van der Waals surface area contributed by atoms with E-state index in [1.54, 1.807) is 12.1 Å². The van der Waals surface area contributed by atoms with Gasteiger partial charge < -0.3 is 10.6 Å². The Morgan fingerprint density at radius 3 is 2.27 bits per heavy atom. The number of carbonyl (C=O) groups excluding carboxylic acids is 2. The molecule has 7 heteroatoms. The van der Waals surface area contributed by atoms with Crippen molar-refractivity contribution >= 4 is 28.3 Å². The predicted octanol–water partition coefficient (Wildman–Crippen LogP) is 2.46. The number of piperidine rings is 1. The molecule has 2 amide bonds. The first kappa shape index (κ1) is 22.2. The zero-order valence-corrected chi connectivity index (χ0v) is 18.1. The number of amides is 2. The minimum atomic E-state index is -1.53. The van der Waals surface area contributed by atoms with Crippen molar-refractivity contribution in [1.29, 1.82) is 0 Å². The molecular weight excluding hydrogens is 398 g/mol. The molecule has 0 unspecified atom stereocenters. The van der Waals surface area contributed by atoms with Crippen molar-refractivity contribution in [3.8, 4) is 0 Å². The highest BCUT2D eigenvalue weighted by molar-refractivity contribution is 7.86. The van der Waals surface area contributed by atoms with E-state index in [9.17, 15) is 13.8 Å². The maximum atomic E-state index is 12.2. The van der Waals surface area contributed by atoms with E-state index in [1.165, 1.54) is 5.56 Å². The Labute approximate surface area is 180 Å². The van der Waals surface area contributed by atoms with Gasteiger partial charge in [-0.2, -0.15) is 0 Å². The van der Waals surface area contributed by atoms with Crippen molar-refractivity contribution in [2.24, 2.45) is 0 Å². The molecule has 1 aliphatic rings. The van der Waals surface area contributed by atoms with Crippen LogP contribution in [0.15, 0.2) is 54.6 Å². The fourth-order valence-electron chi connectivity index (χ4n) is 3.52. The number of aryl methyl sites for hydroxylation is 1. The highest BCUT2D eigenvalue weighted by Crippen LogP contribution is 2.14. The first-order valence-electron chi connectivity index (χ1n) is 10.2. The molecule has 1 fully saturated rings. The average Bonchev–Trinajstić information content (AvgIpc) is 2.71. The van der Waals surface area contributed by atoms with Crippen LogP contribution in [0.4, 0.5) is 5.69 Å². The number of anilines is 1. The molecule has 2 aromatic carbocycles. The molecule has 2 aromatic rings. The summed E-state index contributed by atoms with van der Waals surface area (Å²) < 4.78 is 12.2. The van der Waals surface area contributed by atoms with Crippen LogP contribution in [-0.4, -0.2) is 51.6 Å². The van der Waals surface area contributed by atoms with Gasteiger partial charge in [-0.1, -0.05) is 48.0 Å². The quantitative estimate of drug-likeness (QED) is 0.678. The SMILES string of the molecule is Cc1ccc(NC(=O)C[S@](=O)CC(=O)NC2CCN(Cc3ccccc3)CC2)cc1. The summed E-state index contributed by atoms with van der Waals surface area (Å²) in [5.74, 6) is -0.931. The number of hydrogen-bond acceptors (Lipinski definition) is 4. The first-order valence-corrected chi connectivity index (χ1v) is 11.7. The number of hydrogen-bond donors (Lipinski definition) is 2. The summed E-state index contributed by atoms with van der Waals surface area (Å²) in [6.07, 6.45) is 1.75. The minimum Gasteiger partial charge on any atom is -0.352 e. The Morgan fingerprint density at radius 2 is 1.60 bits per heavy atom. The van der Waals surface area contributed by atoms with Gasteiger partial charge in [-0.15, -0.1) is 0 Å². The summed E-state index contributed by atoms with van der Waals surface area (Å²) in [5, 5.41) is 5.68. The number of benzene rings is 2. The van der Waals surface area contributed by atoms with Crippen molar-refractivity contribution in [2.75, 3.05) is 29.9 Å². The number of nitrogens with zero attached hydrogens (tertiary/aromatic N) is 1. The number of nitrogens with one attached hydrogen (secondary N) is 2. The average molecular weight is 428 g/mol. The summed E-state index contributed by atoms with van der Waals surface area (Å²) >= 11 is 0. The zero-order valence-electron chi connectivity index (χ0n) is 17.3. The molecule has 6 nitrogen and oxygen atoms in total. The van der Waals surface area contributed by atoms with E-state index in [2.05, 4.69) is 27.7 Å². The maximum absolute atomic E-state index is 12.2. The fraction of sp³-hybridized carbons (Fsp3) is 0.391. The molecule has 1 saturated heterocycles. The molecule has 1 atom stereocenters. The van der Waals surface area contributed by atoms with E-state index >= 15 is 0 Å². The number of carbonyl (C=O) groups is 2. The van der Waals surface area contributed by atoms with Gasteiger partial charge in [-0.25, -0.2) is 0 Å². The second-order valence-electron chi connectivity index (χ2n) is 7.75. The Balaban J connectivity index is 1.34. The third-order valence-electron chi connectivity index (χ3n) is 5.12. The lowest BCUT2D eigenvalue weighted by atomic mass is 10.0. The maximum Gasteiger partial charge on any atom is 0.237 e. The standard InChI is InChI=1S/C23H29N3O3S/c1-18-7-9-20(10-8-18)24-22(27)16-30(29)17-23(28)25-21-11-13-26(14-12-21)15-19-5-3-2-4-6-19/h2-10,21H,11-17H2,1H3,(H,24,27)(H,25,28)/t30-/m0/s1. The predicted molar refractivity (Wildman–Crippen MR) is 121 cm³/mol. The molecule has 0 aliphatic carbocycles. The van der Waals surface area contributed by atoms with Gasteiger partial charge in [0.1, 0.15) is 11.5 Å². The fourth-order valence-corrected chi connectivity index (χ4v) is 4.37. The molecule has 160 valence electrons. The van der Waals surface area contributed by atoms with Crippen LogP contribution in [0.3, 0.4) is 0 Å². The van der Waals surface area contributed by atoms with Gasteiger partial charge in [0.05, 0.1) is 0 Å². The second kappa shape index (κ2) is 11.0. The Hall–Kier alpha value is -2.51. The summed E-state index contributed by atoms with van der Waals surface area (Å²) in [6.45, 7) is 4.72. The lowest BCUT2D eigenvalue weighted by molar-refractivity contribution is -0.119. The van der Waals surface area contributed by atoms with Crippen molar-refractivity contribution < 1.29 is 13.8 Å². The molecule has 3 rings (SSSR count). The molecule has 1 heterocycles. The molecule has 0 radical (unpaired) electrons. The van der Waals surface area contributed by atoms with Gasteiger partial charge in [0.15, 0.2) is 0 Å². The largest absolute Gasteiger partial charge is 0.352 e. The monoisotopic (exact) mass is 427 g/mol. The van der Waals surface area contributed by atoms with Crippen LogP contribution in [0.5, 0.6) is 0 Å². The Bertz CT molecular complexity index is 863. The lowest BCUT2D eigenvalue weighted by Gasteiger charge is -2.32. The normalized spacial score (nSPS) is 16.0. The van der Waals surface area contributed by atoms with Crippen molar-refractivity contribution in [3.63, 3.8) is 0 Å². The van der Waals surface area contributed by atoms with Crippen molar-refractivity contribution in [2.45, 2.75) is 32.4 Å². The van der Waals surface area contributed by atoms with E-state index in [1.807, 2.05) is 37.3 Å². The Morgan fingerprint density at radius 1 is 0.967 bits per heavy atom. The third-order valence-corrected chi connectivity index (χ3v) is 6.29. The zero-order chi connectivity index (χ0) is 21.3. The van der Waals surface area contributed by atoms with Crippen molar-refractivity contribution in [3.05, 3.63) is 65.7 Å². The summed E-state index contributed by atoms with van der Waals surface area (Å²) in [5.41, 5.74) is 3.05. The van der Waals surface area contributed by atoms with Crippen molar-refractivity contribution in [1.82, 2.24) is 10.2 Å². The topological polar surface area (TPSA) is 78.5 Å². The van der Waals surface area contributed by atoms with E-state index < -0.39 is 10.8 Å².